The molecule has 0 fully saturated rings. The zero-order chi connectivity index (χ0) is 17.4. The van der Waals surface area contributed by atoms with E-state index in [0.717, 1.165) is 24.3 Å². The first-order chi connectivity index (χ1) is 10.5. The minimum Gasteiger partial charge on any atom is -0.406 e. The van der Waals surface area contributed by atoms with E-state index in [1.165, 1.54) is 12.1 Å². The van der Waals surface area contributed by atoms with Crippen molar-refractivity contribution < 1.29 is 31.1 Å². The normalized spacial score (nSPS) is 12.3. The molecule has 2 rings (SSSR count). The Bertz CT molecular complexity index is 724. The third-order valence-electron chi connectivity index (χ3n) is 2.76. The molecule has 0 N–H and O–H groups in total. The lowest BCUT2D eigenvalue weighted by molar-refractivity contribution is -0.274. The second kappa shape index (κ2) is 6.35. The van der Waals surface area contributed by atoms with Crippen LogP contribution >= 0.6 is 31.9 Å². The largest absolute Gasteiger partial charge is 0.573 e. The maximum absolute atomic E-state index is 12.8. The molecule has 23 heavy (non-hydrogen) atoms. The van der Waals surface area contributed by atoms with Crippen LogP contribution in [0.25, 0.3) is 11.1 Å². The van der Waals surface area contributed by atoms with E-state index in [1.54, 1.807) is 0 Å². The standard InChI is InChI=1S/C14H6Br2F6O/c15-11-4-1-7(13(17,18)19)5-10(11)9-3-2-8(6-12(9)16)23-14(20,21)22/h1-6H. The molecule has 0 atom stereocenters. The smallest absolute Gasteiger partial charge is 0.406 e. The van der Waals surface area contributed by atoms with Gasteiger partial charge in [-0.2, -0.15) is 13.2 Å². The van der Waals surface area contributed by atoms with Crippen molar-refractivity contribution in [2.24, 2.45) is 0 Å². The Balaban J connectivity index is 2.47. The van der Waals surface area contributed by atoms with Crippen molar-refractivity contribution in [2.75, 3.05) is 0 Å². The van der Waals surface area contributed by atoms with E-state index in [2.05, 4.69) is 36.6 Å². The van der Waals surface area contributed by atoms with Crippen molar-refractivity contribution in [1.29, 1.82) is 0 Å². The van der Waals surface area contributed by atoms with Crippen LogP contribution in [0.5, 0.6) is 5.75 Å². The summed E-state index contributed by atoms with van der Waals surface area (Å²) in [6.45, 7) is 0. The Morgan fingerprint density at radius 2 is 1.39 bits per heavy atom. The van der Waals surface area contributed by atoms with Crippen molar-refractivity contribution in [1.82, 2.24) is 0 Å². The van der Waals surface area contributed by atoms with Gasteiger partial charge < -0.3 is 4.74 Å². The number of hydrogen-bond acceptors (Lipinski definition) is 1. The van der Waals surface area contributed by atoms with Crippen LogP contribution in [-0.4, -0.2) is 6.36 Å². The maximum Gasteiger partial charge on any atom is 0.573 e. The lowest BCUT2D eigenvalue weighted by atomic mass is 10.0. The van der Waals surface area contributed by atoms with Crippen molar-refractivity contribution >= 4 is 31.9 Å². The third-order valence-corrected chi connectivity index (χ3v) is 4.11. The van der Waals surface area contributed by atoms with Crippen LogP contribution in [0.2, 0.25) is 0 Å². The van der Waals surface area contributed by atoms with Gasteiger partial charge in [-0.05, 0) is 47.5 Å². The average Bonchev–Trinajstić information content (AvgIpc) is 2.37. The van der Waals surface area contributed by atoms with Gasteiger partial charge in [0.15, 0.2) is 0 Å². The second-order valence-corrected chi connectivity index (χ2v) is 6.09. The Labute approximate surface area is 143 Å². The summed E-state index contributed by atoms with van der Waals surface area (Å²) >= 11 is 6.19. The molecule has 0 saturated heterocycles. The summed E-state index contributed by atoms with van der Waals surface area (Å²) in [7, 11) is 0. The fourth-order valence-corrected chi connectivity index (χ4v) is 2.85. The zero-order valence-corrected chi connectivity index (χ0v) is 14.1. The molecule has 0 aliphatic heterocycles. The van der Waals surface area contributed by atoms with Crippen LogP contribution in [0.4, 0.5) is 26.3 Å². The predicted molar refractivity (Wildman–Crippen MR) is 79.0 cm³/mol. The van der Waals surface area contributed by atoms with Crippen LogP contribution in [0, 0.1) is 0 Å². The number of rotatable bonds is 2. The van der Waals surface area contributed by atoms with E-state index in [4.69, 9.17) is 0 Å². The van der Waals surface area contributed by atoms with E-state index >= 15 is 0 Å². The fourth-order valence-electron chi connectivity index (χ4n) is 1.82. The molecule has 2 aromatic carbocycles. The molecule has 0 amide bonds. The van der Waals surface area contributed by atoms with Crippen LogP contribution in [0.1, 0.15) is 5.56 Å². The number of halogens is 8. The molecular weight excluding hydrogens is 458 g/mol. The van der Waals surface area contributed by atoms with Gasteiger partial charge in [0.05, 0.1) is 5.56 Å². The van der Waals surface area contributed by atoms with E-state index in [-0.39, 0.29) is 15.6 Å². The SMILES string of the molecule is FC(F)(F)Oc1ccc(-c2cc(C(F)(F)F)ccc2Br)c(Br)c1. The Kier molecular flexibility index (Phi) is 5.00. The summed E-state index contributed by atoms with van der Waals surface area (Å²) in [4.78, 5) is 0. The summed E-state index contributed by atoms with van der Waals surface area (Å²) in [5, 5.41) is 0. The molecule has 124 valence electrons. The first-order valence-corrected chi connectivity index (χ1v) is 7.48. The van der Waals surface area contributed by atoms with Crippen LogP contribution in [0.3, 0.4) is 0 Å². The van der Waals surface area contributed by atoms with Gasteiger partial charge in [-0.1, -0.05) is 31.9 Å². The first kappa shape index (κ1) is 18.1. The maximum atomic E-state index is 12.8. The summed E-state index contributed by atoms with van der Waals surface area (Å²) in [6.07, 6.45) is -9.38. The van der Waals surface area contributed by atoms with E-state index in [1.807, 2.05) is 0 Å². The number of alkyl halides is 6. The van der Waals surface area contributed by atoms with Crippen molar-refractivity contribution in [3.05, 3.63) is 50.9 Å². The molecule has 0 aliphatic carbocycles. The molecule has 2 aromatic rings. The lowest BCUT2D eigenvalue weighted by Crippen LogP contribution is -2.17. The van der Waals surface area contributed by atoms with Gasteiger partial charge in [-0.15, -0.1) is 13.2 Å². The van der Waals surface area contributed by atoms with E-state index in [0.29, 0.717) is 4.47 Å². The topological polar surface area (TPSA) is 9.23 Å². The summed E-state index contributed by atoms with van der Waals surface area (Å²) in [6, 6.07) is 6.35. The minimum atomic E-state index is -4.85. The van der Waals surface area contributed by atoms with Gasteiger partial charge in [0.1, 0.15) is 5.75 Å². The molecule has 0 heterocycles. The van der Waals surface area contributed by atoms with Gasteiger partial charge in [0, 0.05) is 8.95 Å². The molecule has 0 spiro atoms. The highest BCUT2D eigenvalue weighted by molar-refractivity contribution is 9.11. The molecule has 0 aliphatic rings. The van der Waals surface area contributed by atoms with Gasteiger partial charge in [0.25, 0.3) is 0 Å². The van der Waals surface area contributed by atoms with Crippen LogP contribution in [-0.2, 0) is 6.18 Å². The molecule has 0 radical (unpaired) electrons. The predicted octanol–water partition coefficient (Wildman–Crippen LogP) is 6.80. The van der Waals surface area contributed by atoms with Gasteiger partial charge in [-0.3, -0.25) is 0 Å². The average molecular weight is 464 g/mol. The lowest BCUT2D eigenvalue weighted by Gasteiger charge is -2.14. The molecule has 0 bridgehead atoms. The van der Waals surface area contributed by atoms with E-state index < -0.39 is 23.9 Å². The van der Waals surface area contributed by atoms with E-state index in [9.17, 15) is 26.3 Å². The number of benzene rings is 2. The minimum absolute atomic E-state index is 0.166. The highest BCUT2D eigenvalue weighted by Crippen LogP contribution is 2.40. The zero-order valence-electron chi connectivity index (χ0n) is 10.9. The monoisotopic (exact) mass is 462 g/mol. The molecular formula is C14H6Br2F6O. The van der Waals surface area contributed by atoms with Crippen LogP contribution in [0.15, 0.2) is 45.3 Å². The molecule has 0 saturated carbocycles. The highest BCUT2D eigenvalue weighted by Gasteiger charge is 2.32. The summed E-state index contributed by atoms with van der Waals surface area (Å²) < 4.78 is 79.2. The van der Waals surface area contributed by atoms with Crippen molar-refractivity contribution in [3.63, 3.8) is 0 Å². The highest BCUT2D eigenvalue weighted by atomic mass is 79.9. The molecule has 0 unspecified atom stereocenters. The van der Waals surface area contributed by atoms with Crippen molar-refractivity contribution in [2.45, 2.75) is 12.5 Å². The first-order valence-electron chi connectivity index (χ1n) is 5.90. The Hall–Kier alpha value is -1.22. The third kappa shape index (κ3) is 4.63. The molecule has 0 aromatic heterocycles. The summed E-state index contributed by atoms with van der Waals surface area (Å²) in [5.41, 5.74) is -0.388. The number of ether oxygens (including phenoxy) is 1. The summed E-state index contributed by atoms with van der Waals surface area (Å²) in [5.74, 6) is -0.476. The Morgan fingerprint density at radius 3 is 1.91 bits per heavy atom. The van der Waals surface area contributed by atoms with Gasteiger partial charge in [-0.25, -0.2) is 0 Å². The fraction of sp³-hybridized carbons (Fsp3) is 0.143. The quantitative estimate of drug-likeness (QED) is 0.445. The van der Waals surface area contributed by atoms with Crippen LogP contribution < -0.4 is 4.74 Å². The number of hydrogen-bond donors (Lipinski definition) is 0. The Morgan fingerprint density at radius 1 is 0.739 bits per heavy atom. The van der Waals surface area contributed by atoms with Crippen molar-refractivity contribution in [3.8, 4) is 16.9 Å². The molecule has 1 nitrogen and oxygen atoms in total. The molecule has 9 heteroatoms. The second-order valence-electron chi connectivity index (χ2n) is 4.38. The van der Waals surface area contributed by atoms with Gasteiger partial charge >= 0.3 is 12.5 Å². The van der Waals surface area contributed by atoms with Gasteiger partial charge in [0.2, 0.25) is 0 Å².